The van der Waals surface area contributed by atoms with E-state index < -0.39 is 17.9 Å². The lowest BCUT2D eigenvalue weighted by Gasteiger charge is -2.29. The number of hydrogen-bond acceptors (Lipinski definition) is 5. The smallest absolute Gasteiger partial charge is 0.341 e. The summed E-state index contributed by atoms with van der Waals surface area (Å²) < 4.78 is 4.74. The summed E-state index contributed by atoms with van der Waals surface area (Å²) in [5.74, 6) is -0.667. The summed E-state index contributed by atoms with van der Waals surface area (Å²) in [4.78, 5) is 27.5. The molecular weight excluding hydrogens is 272 g/mol. The van der Waals surface area contributed by atoms with E-state index in [9.17, 15) is 14.7 Å². The Morgan fingerprint density at radius 2 is 2.14 bits per heavy atom. The number of esters is 1. The van der Waals surface area contributed by atoms with Crippen molar-refractivity contribution in [1.82, 2.24) is 4.98 Å². The van der Waals surface area contributed by atoms with Gasteiger partial charge in [-0.1, -0.05) is 0 Å². The van der Waals surface area contributed by atoms with Crippen molar-refractivity contribution in [3.63, 3.8) is 0 Å². The van der Waals surface area contributed by atoms with Gasteiger partial charge in [-0.25, -0.2) is 9.78 Å². The zero-order valence-corrected chi connectivity index (χ0v) is 11.8. The third-order valence-corrected chi connectivity index (χ3v) is 4.72. The van der Waals surface area contributed by atoms with E-state index in [1.165, 1.54) is 7.11 Å². The first-order valence-electron chi connectivity index (χ1n) is 7.14. The quantitative estimate of drug-likeness (QED) is 0.822. The van der Waals surface area contributed by atoms with Crippen LogP contribution in [0.1, 0.15) is 29.6 Å². The van der Waals surface area contributed by atoms with Crippen LogP contribution in [0.2, 0.25) is 0 Å². The van der Waals surface area contributed by atoms with Crippen molar-refractivity contribution in [2.75, 3.05) is 12.4 Å². The van der Waals surface area contributed by atoms with Crippen molar-refractivity contribution in [1.29, 1.82) is 0 Å². The number of carboxylic acids is 1. The van der Waals surface area contributed by atoms with E-state index in [1.807, 2.05) is 0 Å². The average molecular weight is 290 g/mol. The van der Waals surface area contributed by atoms with E-state index in [1.54, 1.807) is 18.3 Å². The minimum absolute atomic E-state index is 0.167. The van der Waals surface area contributed by atoms with Gasteiger partial charge in [0.2, 0.25) is 0 Å². The maximum absolute atomic E-state index is 11.8. The number of aliphatic carboxylic acids is 1. The molecular formula is C15H18N2O4. The van der Waals surface area contributed by atoms with E-state index in [4.69, 9.17) is 4.74 Å². The Kier molecular flexibility index (Phi) is 3.53. The van der Waals surface area contributed by atoms with Crippen LogP contribution in [0, 0.1) is 17.8 Å². The van der Waals surface area contributed by atoms with Gasteiger partial charge >= 0.3 is 11.9 Å². The summed E-state index contributed by atoms with van der Waals surface area (Å²) >= 11 is 0. The number of hydrogen-bond donors (Lipinski definition) is 2. The van der Waals surface area contributed by atoms with Gasteiger partial charge in [0.05, 0.1) is 13.0 Å². The fourth-order valence-corrected chi connectivity index (χ4v) is 3.81. The number of carbonyl (C=O) groups excluding carboxylic acids is 1. The van der Waals surface area contributed by atoms with Gasteiger partial charge in [-0.15, -0.1) is 0 Å². The number of anilines is 1. The van der Waals surface area contributed by atoms with Crippen molar-refractivity contribution in [2.24, 2.45) is 17.8 Å². The van der Waals surface area contributed by atoms with Gasteiger partial charge in [0.1, 0.15) is 11.4 Å². The first-order valence-corrected chi connectivity index (χ1v) is 7.14. The van der Waals surface area contributed by atoms with Gasteiger partial charge in [-0.05, 0) is 43.2 Å². The molecule has 0 amide bonds. The molecule has 2 N–H and O–H groups in total. The monoisotopic (exact) mass is 290 g/mol. The maximum Gasteiger partial charge on any atom is 0.341 e. The van der Waals surface area contributed by atoms with Crippen LogP contribution in [0.5, 0.6) is 0 Å². The normalized spacial score (nSPS) is 30.1. The minimum atomic E-state index is -0.768. The standard InChI is InChI=1S/C15H18N2O4/c1-21-15(20)10-3-2-6-16-13(10)17-12-9-5-4-8(7-9)11(12)14(18)19/h2-3,6,8-9,11-12H,4-5,7H2,1H3,(H,16,17)(H,18,19). The second-order valence-electron chi connectivity index (χ2n) is 5.76. The Bertz CT molecular complexity index is 575. The molecule has 21 heavy (non-hydrogen) atoms. The number of nitrogens with zero attached hydrogens (tertiary/aromatic N) is 1. The molecule has 3 rings (SSSR count). The summed E-state index contributed by atoms with van der Waals surface area (Å²) in [5, 5.41) is 12.7. The Labute approximate surface area is 122 Å². The molecule has 0 aromatic carbocycles. The number of rotatable bonds is 4. The van der Waals surface area contributed by atoms with Crippen molar-refractivity contribution in [2.45, 2.75) is 25.3 Å². The summed E-state index contributed by atoms with van der Waals surface area (Å²) in [6.07, 6.45) is 4.53. The zero-order valence-electron chi connectivity index (χ0n) is 11.8. The number of methoxy groups -OCH3 is 1. The fraction of sp³-hybridized carbons (Fsp3) is 0.533. The number of pyridine rings is 1. The molecule has 2 saturated carbocycles. The molecule has 0 spiro atoms. The van der Waals surface area contributed by atoms with Gasteiger partial charge in [-0.2, -0.15) is 0 Å². The van der Waals surface area contributed by atoms with Crippen LogP contribution in [-0.2, 0) is 9.53 Å². The van der Waals surface area contributed by atoms with Gasteiger partial charge in [0.15, 0.2) is 0 Å². The summed E-state index contributed by atoms with van der Waals surface area (Å²) in [6.45, 7) is 0. The summed E-state index contributed by atoms with van der Waals surface area (Å²) in [7, 11) is 1.32. The number of carbonyl (C=O) groups is 2. The number of aromatic nitrogens is 1. The molecule has 2 aliphatic rings. The van der Waals surface area contributed by atoms with Crippen LogP contribution in [0.25, 0.3) is 0 Å². The van der Waals surface area contributed by atoms with E-state index in [0.717, 1.165) is 19.3 Å². The van der Waals surface area contributed by atoms with Gasteiger partial charge in [0, 0.05) is 12.2 Å². The molecule has 2 aliphatic carbocycles. The average Bonchev–Trinajstić information content (AvgIpc) is 3.08. The molecule has 2 bridgehead atoms. The van der Waals surface area contributed by atoms with Gasteiger partial charge in [0.25, 0.3) is 0 Å². The molecule has 1 heterocycles. The van der Waals surface area contributed by atoms with Crippen LogP contribution >= 0.6 is 0 Å². The molecule has 0 radical (unpaired) electrons. The first-order chi connectivity index (χ1) is 10.1. The van der Waals surface area contributed by atoms with Gasteiger partial charge in [-0.3, -0.25) is 4.79 Å². The van der Waals surface area contributed by atoms with E-state index >= 15 is 0 Å². The highest BCUT2D eigenvalue weighted by molar-refractivity contribution is 5.94. The molecule has 1 aromatic rings. The summed E-state index contributed by atoms with van der Waals surface area (Å²) in [6, 6.07) is 3.12. The van der Waals surface area contributed by atoms with E-state index in [0.29, 0.717) is 17.3 Å². The Hall–Kier alpha value is -2.11. The molecule has 4 unspecified atom stereocenters. The maximum atomic E-state index is 11.8. The molecule has 6 heteroatoms. The Morgan fingerprint density at radius 1 is 1.38 bits per heavy atom. The molecule has 1 aromatic heterocycles. The van der Waals surface area contributed by atoms with Crippen molar-refractivity contribution < 1.29 is 19.4 Å². The lowest BCUT2D eigenvalue weighted by Crippen LogP contribution is -2.39. The molecule has 2 fully saturated rings. The van der Waals surface area contributed by atoms with E-state index in [2.05, 4.69) is 10.3 Å². The highest BCUT2D eigenvalue weighted by Gasteiger charge is 2.51. The highest BCUT2D eigenvalue weighted by Crippen LogP contribution is 2.49. The Morgan fingerprint density at radius 3 is 2.86 bits per heavy atom. The van der Waals surface area contributed by atoms with Crippen molar-refractivity contribution in [3.8, 4) is 0 Å². The van der Waals surface area contributed by atoms with Crippen LogP contribution < -0.4 is 5.32 Å². The second-order valence-corrected chi connectivity index (χ2v) is 5.76. The van der Waals surface area contributed by atoms with Crippen LogP contribution in [0.4, 0.5) is 5.82 Å². The van der Waals surface area contributed by atoms with Crippen LogP contribution in [0.15, 0.2) is 18.3 Å². The number of fused-ring (bicyclic) bond motifs is 2. The SMILES string of the molecule is COC(=O)c1cccnc1NC1C2CCC(C2)C1C(=O)O. The second kappa shape index (κ2) is 5.35. The predicted octanol–water partition coefficient (Wildman–Crippen LogP) is 1.78. The fourth-order valence-electron chi connectivity index (χ4n) is 3.81. The van der Waals surface area contributed by atoms with Crippen LogP contribution in [-0.4, -0.2) is 35.2 Å². The number of ether oxygens (including phenoxy) is 1. The largest absolute Gasteiger partial charge is 0.481 e. The zero-order chi connectivity index (χ0) is 15.0. The molecule has 0 aliphatic heterocycles. The topological polar surface area (TPSA) is 88.5 Å². The molecule has 0 saturated heterocycles. The van der Waals surface area contributed by atoms with E-state index in [-0.39, 0.29) is 12.0 Å². The van der Waals surface area contributed by atoms with Crippen LogP contribution in [0.3, 0.4) is 0 Å². The predicted molar refractivity (Wildman–Crippen MR) is 74.9 cm³/mol. The summed E-state index contributed by atoms with van der Waals surface area (Å²) in [5.41, 5.74) is 0.340. The highest BCUT2D eigenvalue weighted by atomic mass is 16.5. The van der Waals surface area contributed by atoms with Crippen molar-refractivity contribution in [3.05, 3.63) is 23.9 Å². The molecule has 4 atom stereocenters. The molecule has 112 valence electrons. The van der Waals surface area contributed by atoms with Crippen molar-refractivity contribution >= 4 is 17.8 Å². The third kappa shape index (κ3) is 2.34. The minimum Gasteiger partial charge on any atom is -0.481 e. The van der Waals surface area contributed by atoms with Gasteiger partial charge < -0.3 is 15.2 Å². The number of nitrogens with one attached hydrogen (secondary N) is 1. The lowest BCUT2D eigenvalue weighted by atomic mass is 9.84. The number of carboxylic acid groups (broad SMARTS) is 1. The third-order valence-electron chi connectivity index (χ3n) is 4.72. The first kappa shape index (κ1) is 13.9. The lowest BCUT2D eigenvalue weighted by molar-refractivity contribution is -0.143. The molecule has 6 nitrogen and oxygen atoms in total. The Balaban J connectivity index is 1.86.